The highest BCUT2D eigenvalue weighted by Gasteiger charge is 2.13. The fourth-order valence-corrected chi connectivity index (χ4v) is 2.47. The van der Waals surface area contributed by atoms with E-state index in [1.54, 1.807) is 12.1 Å². The molecule has 0 fully saturated rings. The molecule has 0 spiro atoms. The predicted octanol–water partition coefficient (Wildman–Crippen LogP) is 3.61. The summed E-state index contributed by atoms with van der Waals surface area (Å²) in [5, 5.41) is 10.5. The zero-order valence-corrected chi connectivity index (χ0v) is 10.7. The van der Waals surface area contributed by atoms with Gasteiger partial charge >= 0.3 is 5.69 Å². The Kier molecular flexibility index (Phi) is 4.01. The molecule has 0 aliphatic rings. The van der Waals surface area contributed by atoms with Crippen molar-refractivity contribution in [1.82, 2.24) is 0 Å². The third-order valence-electron chi connectivity index (χ3n) is 2.52. The highest BCUT2D eigenvalue weighted by molar-refractivity contribution is 7.98. The molecule has 0 saturated carbocycles. The molecule has 6 heteroatoms. The summed E-state index contributed by atoms with van der Waals surface area (Å²) < 4.78 is 13.4. The minimum atomic E-state index is -0.816. The van der Waals surface area contributed by atoms with Crippen LogP contribution in [0.3, 0.4) is 0 Å². The number of hydrogen-bond acceptors (Lipinski definition) is 4. The maximum atomic E-state index is 13.4. The summed E-state index contributed by atoms with van der Waals surface area (Å²) in [7, 11) is 0. The first-order valence-electron chi connectivity index (χ1n) is 5.48. The van der Waals surface area contributed by atoms with E-state index < -0.39 is 16.4 Å². The molecule has 0 aromatic heterocycles. The van der Waals surface area contributed by atoms with Gasteiger partial charge in [-0.25, -0.2) is 0 Å². The second-order valence-corrected chi connectivity index (χ2v) is 4.89. The maximum absolute atomic E-state index is 13.4. The molecule has 2 rings (SSSR count). The lowest BCUT2D eigenvalue weighted by molar-refractivity contribution is -0.387. The number of rotatable bonds is 4. The molecule has 19 heavy (non-hydrogen) atoms. The van der Waals surface area contributed by atoms with Crippen LogP contribution in [-0.2, 0) is 5.75 Å². The van der Waals surface area contributed by atoms with Crippen molar-refractivity contribution < 1.29 is 9.31 Å². The van der Waals surface area contributed by atoms with E-state index in [1.165, 1.54) is 23.9 Å². The molecule has 0 radical (unpaired) electrons. The maximum Gasteiger partial charge on any atom is 0.304 e. The molecule has 0 aliphatic carbocycles. The zero-order valence-electron chi connectivity index (χ0n) is 9.88. The number of nitro benzene ring substituents is 1. The molecule has 2 aromatic carbocycles. The average Bonchev–Trinajstić information content (AvgIpc) is 2.37. The number of benzene rings is 2. The van der Waals surface area contributed by atoms with Crippen LogP contribution < -0.4 is 5.73 Å². The second-order valence-electron chi connectivity index (χ2n) is 3.87. The zero-order chi connectivity index (χ0) is 13.8. The Hall–Kier alpha value is -2.08. The topological polar surface area (TPSA) is 69.2 Å². The van der Waals surface area contributed by atoms with Crippen molar-refractivity contribution in [3.8, 4) is 0 Å². The number of nitrogens with zero attached hydrogens (tertiary/aromatic N) is 1. The number of thioether (sulfide) groups is 1. The van der Waals surface area contributed by atoms with E-state index in [9.17, 15) is 14.5 Å². The van der Waals surface area contributed by atoms with Gasteiger partial charge in [-0.1, -0.05) is 18.2 Å². The Balaban J connectivity index is 2.11. The summed E-state index contributed by atoms with van der Waals surface area (Å²) in [5.74, 6) is -0.313. The molecule has 2 N–H and O–H groups in total. The van der Waals surface area contributed by atoms with E-state index in [4.69, 9.17) is 5.73 Å². The number of nitrogens with two attached hydrogens (primary N) is 1. The SMILES string of the molecule is Nc1ccccc1SCc1ccc([N+](=O)[O-])c(F)c1. The van der Waals surface area contributed by atoms with Gasteiger partial charge in [0.15, 0.2) is 0 Å². The Labute approximate surface area is 113 Å². The first-order valence-corrected chi connectivity index (χ1v) is 6.46. The van der Waals surface area contributed by atoms with Crippen molar-refractivity contribution in [3.63, 3.8) is 0 Å². The molecule has 0 aliphatic heterocycles. The third-order valence-corrected chi connectivity index (χ3v) is 3.68. The summed E-state index contributed by atoms with van der Waals surface area (Å²) in [6.07, 6.45) is 0. The van der Waals surface area contributed by atoms with Crippen LogP contribution in [0.2, 0.25) is 0 Å². The molecule has 2 aromatic rings. The van der Waals surface area contributed by atoms with Gasteiger partial charge in [0.2, 0.25) is 5.82 Å². The first-order chi connectivity index (χ1) is 9.08. The summed E-state index contributed by atoms with van der Waals surface area (Å²) in [4.78, 5) is 10.7. The number of nitro groups is 1. The number of hydrogen-bond donors (Lipinski definition) is 1. The lowest BCUT2D eigenvalue weighted by Crippen LogP contribution is -1.94. The lowest BCUT2D eigenvalue weighted by atomic mass is 10.2. The van der Waals surface area contributed by atoms with Gasteiger partial charge < -0.3 is 5.73 Å². The molecule has 4 nitrogen and oxygen atoms in total. The number of anilines is 1. The Morgan fingerprint density at radius 1 is 1.26 bits per heavy atom. The molecule has 0 atom stereocenters. The fraction of sp³-hybridized carbons (Fsp3) is 0.0769. The van der Waals surface area contributed by atoms with Gasteiger partial charge in [-0.3, -0.25) is 10.1 Å². The van der Waals surface area contributed by atoms with Crippen molar-refractivity contribution in [2.75, 3.05) is 5.73 Å². The van der Waals surface area contributed by atoms with E-state index in [2.05, 4.69) is 0 Å². The average molecular weight is 278 g/mol. The predicted molar refractivity (Wildman–Crippen MR) is 73.5 cm³/mol. The molecule has 0 bridgehead atoms. The number of para-hydroxylation sites is 1. The largest absolute Gasteiger partial charge is 0.398 e. The van der Waals surface area contributed by atoms with E-state index in [-0.39, 0.29) is 0 Å². The van der Waals surface area contributed by atoms with E-state index in [0.717, 1.165) is 4.90 Å². The Bertz CT molecular complexity index is 619. The molecular weight excluding hydrogens is 267 g/mol. The van der Waals surface area contributed by atoms with Crippen LogP contribution in [0.5, 0.6) is 0 Å². The minimum Gasteiger partial charge on any atom is -0.398 e. The van der Waals surface area contributed by atoms with Gasteiger partial charge in [-0.15, -0.1) is 11.8 Å². The Morgan fingerprint density at radius 3 is 2.63 bits per heavy atom. The van der Waals surface area contributed by atoms with E-state index >= 15 is 0 Å². The number of halogens is 1. The minimum absolute atomic E-state index is 0.503. The van der Waals surface area contributed by atoms with Crippen LogP contribution >= 0.6 is 11.8 Å². The van der Waals surface area contributed by atoms with Crippen LogP contribution in [-0.4, -0.2) is 4.92 Å². The van der Waals surface area contributed by atoms with Gasteiger partial charge in [0.25, 0.3) is 0 Å². The van der Waals surface area contributed by atoms with Crippen molar-refractivity contribution >= 4 is 23.1 Å². The van der Waals surface area contributed by atoms with E-state index in [0.29, 0.717) is 17.0 Å². The first kappa shape index (κ1) is 13.4. The van der Waals surface area contributed by atoms with Crippen molar-refractivity contribution in [3.05, 3.63) is 64.0 Å². The normalized spacial score (nSPS) is 10.4. The van der Waals surface area contributed by atoms with Gasteiger partial charge in [0.1, 0.15) is 0 Å². The molecule has 0 saturated heterocycles. The van der Waals surface area contributed by atoms with Crippen LogP contribution in [0, 0.1) is 15.9 Å². The van der Waals surface area contributed by atoms with Crippen molar-refractivity contribution in [2.45, 2.75) is 10.6 Å². The quantitative estimate of drug-likeness (QED) is 0.401. The molecular formula is C13H11FN2O2S. The molecule has 98 valence electrons. The van der Waals surface area contributed by atoms with Crippen molar-refractivity contribution in [1.29, 1.82) is 0 Å². The second kappa shape index (κ2) is 5.71. The van der Waals surface area contributed by atoms with Gasteiger partial charge in [0, 0.05) is 22.4 Å². The smallest absolute Gasteiger partial charge is 0.304 e. The third kappa shape index (κ3) is 3.23. The van der Waals surface area contributed by atoms with Crippen LogP contribution in [0.25, 0.3) is 0 Å². The van der Waals surface area contributed by atoms with Gasteiger partial charge in [-0.05, 0) is 23.8 Å². The highest BCUT2D eigenvalue weighted by atomic mass is 32.2. The molecule has 0 heterocycles. The van der Waals surface area contributed by atoms with E-state index in [1.807, 2.05) is 18.2 Å². The molecule has 0 unspecified atom stereocenters. The lowest BCUT2D eigenvalue weighted by Gasteiger charge is -2.05. The van der Waals surface area contributed by atoms with Crippen LogP contribution in [0.1, 0.15) is 5.56 Å². The van der Waals surface area contributed by atoms with Crippen LogP contribution in [0.15, 0.2) is 47.4 Å². The summed E-state index contributed by atoms with van der Waals surface area (Å²) in [6, 6.07) is 11.3. The summed E-state index contributed by atoms with van der Waals surface area (Å²) in [5.41, 5.74) is 6.63. The standard InChI is InChI=1S/C13H11FN2O2S/c14-10-7-9(5-6-12(10)16(17)18)8-19-13-4-2-1-3-11(13)15/h1-7H,8,15H2. The molecule has 0 amide bonds. The van der Waals surface area contributed by atoms with Crippen LogP contribution in [0.4, 0.5) is 15.8 Å². The fourth-order valence-electron chi connectivity index (χ4n) is 1.56. The Morgan fingerprint density at radius 2 is 2.00 bits per heavy atom. The van der Waals surface area contributed by atoms with Gasteiger partial charge in [0.05, 0.1) is 4.92 Å². The monoisotopic (exact) mass is 278 g/mol. The summed E-state index contributed by atoms with van der Waals surface area (Å²) >= 11 is 1.46. The summed E-state index contributed by atoms with van der Waals surface area (Å²) in [6.45, 7) is 0. The van der Waals surface area contributed by atoms with Gasteiger partial charge in [-0.2, -0.15) is 4.39 Å². The highest BCUT2D eigenvalue weighted by Crippen LogP contribution is 2.29. The number of nitrogen functional groups attached to an aromatic ring is 1. The van der Waals surface area contributed by atoms with Crippen molar-refractivity contribution in [2.24, 2.45) is 0 Å².